The van der Waals surface area contributed by atoms with Crippen LogP contribution in [0.25, 0.3) is 0 Å². The Morgan fingerprint density at radius 1 is 0.939 bits per heavy atom. The number of quaternary nitrogens is 1. The molecule has 2 aromatic carbocycles. The summed E-state index contributed by atoms with van der Waals surface area (Å²) in [6.45, 7) is 1.87. The summed E-state index contributed by atoms with van der Waals surface area (Å²) in [5.41, 5.74) is -1.87. The molecule has 6 atom stereocenters. The molecular formula is C25H27F3NO4+. The summed E-state index contributed by atoms with van der Waals surface area (Å²) in [5.74, 6) is -0.877. The quantitative estimate of drug-likeness (QED) is 0.429. The maximum atomic E-state index is 13.5. The van der Waals surface area contributed by atoms with Crippen LogP contribution in [0.2, 0.25) is 0 Å². The Morgan fingerprint density at radius 2 is 1.39 bits per heavy atom. The topological polar surface area (TPSA) is 59.1 Å². The van der Waals surface area contributed by atoms with Gasteiger partial charge in [0.2, 0.25) is 5.60 Å². The number of piperidine rings is 1. The molecule has 3 saturated heterocycles. The predicted molar refractivity (Wildman–Crippen MR) is 113 cm³/mol. The van der Waals surface area contributed by atoms with E-state index in [0.29, 0.717) is 12.8 Å². The second-order valence-corrected chi connectivity index (χ2v) is 9.98. The number of hydrogen-bond acceptors (Lipinski definition) is 4. The van der Waals surface area contributed by atoms with Crippen LogP contribution in [0.1, 0.15) is 35.1 Å². The number of epoxide rings is 1. The van der Waals surface area contributed by atoms with Gasteiger partial charge in [-0.05, 0) is 30.2 Å². The molecule has 8 heteroatoms. The fourth-order valence-corrected chi connectivity index (χ4v) is 5.64. The summed E-state index contributed by atoms with van der Waals surface area (Å²) in [5, 5.41) is 11.7. The molecule has 0 amide bonds. The standard InChI is InChI=1S/C25H27F3NO4/c1-14-4-6-15(7-5-14)24(31,16-8-10-17(11-9-16)25(26,27)28)23(30)32-18-12-19-21-22(33-21)20(13-18)29(19,2)3/h4-11,18-22,31H,12-13H2,1-3H3/q+1/t18?,19-,20?,21-,22?,24?/m0/s1. The van der Waals surface area contributed by atoms with Crippen molar-refractivity contribution in [3.05, 3.63) is 70.8 Å². The molecule has 2 bridgehead atoms. The molecule has 3 aliphatic heterocycles. The average molecular weight is 462 g/mol. The van der Waals surface area contributed by atoms with Gasteiger partial charge in [-0.25, -0.2) is 4.79 Å². The van der Waals surface area contributed by atoms with Crippen molar-refractivity contribution >= 4 is 5.97 Å². The number of halogens is 3. The van der Waals surface area contributed by atoms with Crippen molar-refractivity contribution in [1.29, 1.82) is 0 Å². The van der Waals surface area contributed by atoms with Crippen LogP contribution < -0.4 is 0 Å². The summed E-state index contributed by atoms with van der Waals surface area (Å²) in [7, 11) is 4.32. The van der Waals surface area contributed by atoms with Crippen LogP contribution >= 0.6 is 0 Å². The molecule has 0 aromatic heterocycles. The fourth-order valence-electron chi connectivity index (χ4n) is 5.64. The zero-order valence-electron chi connectivity index (χ0n) is 18.7. The number of morpholine rings is 1. The van der Waals surface area contributed by atoms with Gasteiger partial charge in [-0.2, -0.15) is 13.2 Å². The SMILES string of the molecule is Cc1ccc(C(O)(C(=O)OC2CC3C4O[C@H]4[C@H](C2)[N+]3(C)C)c2ccc(C(F)(F)F)cc2)cc1. The summed E-state index contributed by atoms with van der Waals surface area (Å²) in [6.07, 6.45) is -3.31. The number of benzene rings is 2. The summed E-state index contributed by atoms with van der Waals surface area (Å²) in [6, 6.07) is 11.1. The lowest BCUT2D eigenvalue weighted by Gasteiger charge is -2.45. The van der Waals surface area contributed by atoms with Crippen LogP contribution in [-0.4, -0.2) is 60.0 Å². The maximum absolute atomic E-state index is 13.5. The number of carbonyl (C=O) groups is 1. The van der Waals surface area contributed by atoms with Crippen LogP contribution in [-0.2, 0) is 26.0 Å². The number of nitrogens with zero attached hydrogens (tertiary/aromatic N) is 1. The van der Waals surface area contributed by atoms with Crippen LogP contribution in [0.3, 0.4) is 0 Å². The zero-order chi connectivity index (χ0) is 23.8. The highest BCUT2D eigenvalue weighted by molar-refractivity contribution is 5.85. The number of aryl methyl sites for hydroxylation is 1. The molecule has 0 aliphatic carbocycles. The van der Waals surface area contributed by atoms with Crippen molar-refractivity contribution in [2.75, 3.05) is 14.1 Å². The third-order valence-electron chi connectivity index (χ3n) is 7.71. The lowest BCUT2D eigenvalue weighted by molar-refractivity contribution is -0.938. The maximum Gasteiger partial charge on any atom is 0.416 e. The highest BCUT2D eigenvalue weighted by Crippen LogP contribution is 2.52. The third-order valence-corrected chi connectivity index (χ3v) is 7.71. The Labute approximate surface area is 190 Å². The smallest absolute Gasteiger partial charge is 0.416 e. The van der Waals surface area contributed by atoms with Crippen molar-refractivity contribution in [1.82, 2.24) is 0 Å². The first-order valence-electron chi connectivity index (χ1n) is 11.1. The largest absolute Gasteiger partial charge is 0.459 e. The molecule has 3 heterocycles. The molecule has 3 aliphatic rings. The molecule has 176 valence electrons. The lowest BCUT2D eigenvalue weighted by Crippen LogP contribution is -2.60. The fraction of sp³-hybridized carbons (Fsp3) is 0.480. The van der Waals surface area contributed by atoms with Gasteiger partial charge in [0.05, 0.1) is 19.7 Å². The number of carbonyl (C=O) groups excluding carboxylic acids is 1. The molecule has 5 rings (SSSR count). The van der Waals surface area contributed by atoms with E-state index in [1.807, 2.05) is 6.92 Å². The van der Waals surface area contributed by atoms with Crippen molar-refractivity contribution in [3.63, 3.8) is 0 Å². The number of hydrogen-bond donors (Lipinski definition) is 1. The van der Waals surface area contributed by atoms with E-state index in [9.17, 15) is 23.1 Å². The van der Waals surface area contributed by atoms with E-state index in [1.165, 1.54) is 0 Å². The van der Waals surface area contributed by atoms with E-state index in [1.54, 1.807) is 24.3 Å². The number of alkyl halides is 3. The van der Waals surface area contributed by atoms with Crippen molar-refractivity contribution < 1.29 is 37.0 Å². The predicted octanol–water partition coefficient (Wildman–Crippen LogP) is 3.55. The number of fused-ring (bicyclic) bond motifs is 5. The first kappa shape index (κ1) is 22.4. The second kappa shape index (κ2) is 7.29. The number of likely N-dealkylation sites (N-methyl/N-ethyl adjacent to an activating group) is 1. The Hall–Kier alpha value is -2.42. The van der Waals surface area contributed by atoms with Gasteiger partial charge in [0.25, 0.3) is 0 Å². The normalized spacial score (nSPS) is 31.4. The van der Waals surface area contributed by atoms with E-state index in [0.717, 1.165) is 34.3 Å². The van der Waals surface area contributed by atoms with Gasteiger partial charge in [-0.3, -0.25) is 0 Å². The molecule has 5 nitrogen and oxygen atoms in total. The van der Waals surface area contributed by atoms with Gasteiger partial charge in [-0.1, -0.05) is 42.0 Å². The van der Waals surface area contributed by atoms with Gasteiger partial charge < -0.3 is 19.1 Å². The van der Waals surface area contributed by atoms with Crippen LogP contribution in [0.5, 0.6) is 0 Å². The monoisotopic (exact) mass is 462 g/mol. The average Bonchev–Trinajstić information content (AvgIpc) is 3.51. The summed E-state index contributed by atoms with van der Waals surface area (Å²) < 4.78 is 51.6. The number of esters is 1. The van der Waals surface area contributed by atoms with E-state index < -0.39 is 23.3 Å². The van der Waals surface area contributed by atoms with E-state index >= 15 is 0 Å². The van der Waals surface area contributed by atoms with Gasteiger partial charge in [0.1, 0.15) is 30.4 Å². The molecule has 0 radical (unpaired) electrons. The Balaban J connectivity index is 1.45. The molecular weight excluding hydrogens is 435 g/mol. The van der Waals surface area contributed by atoms with Crippen molar-refractivity contribution in [2.24, 2.45) is 0 Å². The van der Waals surface area contributed by atoms with E-state index in [2.05, 4.69) is 14.1 Å². The summed E-state index contributed by atoms with van der Waals surface area (Å²) >= 11 is 0. The highest BCUT2D eigenvalue weighted by Gasteiger charge is 2.71. The number of aliphatic hydroxyl groups is 1. The van der Waals surface area contributed by atoms with Crippen LogP contribution in [0.15, 0.2) is 48.5 Å². The van der Waals surface area contributed by atoms with Crippen molar-refractivity contribution in [3.8, 4) is 0 Å². The number of ether oxygens (including phenoxy) is 2. The molecule has 0 saturated carbocycles. The van der Waals surface area contributed by atoms with Gasteiger partial charge in [0.15, 0.2) is 0 Å². The zero-order valence-corrected chi connectivity index (χ0v) is 18.7. The van der Waals surface area contributed by atoms with E-state index in [4.69, 9.17) is 9.47 Å². The molecule has 3 fully saturated rings. The molecule has 1 N–H and O–H groups in total. The molecule has 4 unspecified atom stereocenters. The lowest BCUT2D eigenvalue weighted by atomic mass is 9.85. The minimum absolute atomic E-state index is 0.0328. The summed E-state index contributed by atoms with van der Waals surface area (Å²) in [4.78, 5) is 13.5. The third kappa shape index (κ3) is 3.55. The van der Waals surface area contributed by atoms with E-state index in [-0.39, 0.29) is 41.5 Å². The first-order chi connectivity index (χ1) is 15.4. The van der Waals surface area contributed by atoms with Crippen LogP contribution in [0.4, 0.5) is 13.2 Å². The van der Waals surface area contributed by atoms with Crippen LogP contribution in [0, 0.1) is 6.92 Å². The minimum Gasteiger partial charge on any atom is -0.459 e. The molecule has 2 aromatic rings. The second-order valence-electron chi connectivity index (χ2n) is 9.98. The Kier molecular flexibility index (Phi) is 4.94. The Morgan fingerprint density at radius 3 is 1.88 bits per heavy atom. The molecule has 33 heavy (non-hydrogen) atoms. The highest BCUT2D eigenvalue weighted by atomic mass is 19.4. The van der Waals surface area contributed by atoms with Gasteiger partial charge >= 0.3 is 12.1 Å². The first-order valence-corrected chi connectivity index (χ1v) is 11.1. The molecule has 0 spiro atoms. The minimum atomic E-state index is -4.52. The Bertz CT molecular complexity index is 1050. The van der Waals surface area contributed by atoms with Crippen molar-refractivity contribution in [2.45, 2.75) is 61.9 Å². The number of rotatable bonds is 4. The van der Waals surface area contributed by atoms with Gasteiger partial charge in [-0.15, -0.1) is 0 Å². The van der Waals surface area contributed by atoms with Gasteiger partial charge in [0, 0.05) is 12.8 Å².